The topological polar surface area (TPSA) is 40.7 Å². The van der Waals surface area contributed by atoms with E-state index in [4.69, 9.17) is 0 Å². The summed E-state index contributed by atoms with van der Waals surface area (Å²) in [5, 5.41) is 10.2. The summed E-state index contributed by atoms with van der Waals surface area (Å²) in [6, 6.07) is 2.00. The zero-order chi connectivity index (χ0) is 11.1. The molecule has 0 radical (unpaired) electrons. The van der Waals surface area contributed by atoms with Gasteiger partial charge in [0.2, 0.25) is 0 Å². The van der Waals surface area contributed by atoms with Crippen molar-refractivity contribution in [3.63, 3.8) is 0 Å². The average Bonchev–Trinajstić information content (AvgIpc) is 2.61. The molecule has 0 fully saturated rings. The van der Waals surface area contributed by atoms with E-state index < -0.39 is 0 Å². The van der Waals surface area contributed by atoms with Crippen LogP contribution in [0.4, 0.5) is 0 Å². The van der Waals surface area contributed by atoms with Gasteiger partial charge in [0.25, 0.3) is 0 Å². The van der Waals surface area contributed by atoms with Crippen molar-refractivity contribution in [3.8, 4) is 0 Å². The lowest BCUT2D eigenvalue weighted by Crippen LogP contribution is -2.15. The first-order valence-corrected chi connectivity index (χ1v) is 5.77. The highest BCUT2D eigenvalue weighted by atomic mass is 35.5. The number of aromatic amines is 1. The van der Waals surface area contributed by atoms with Gasteiger partial charge in [0, 0.05) is 18.4 Å². The third-order valence-corrected chi connectivity index (χ3v) is 2.40. The SMILES string of the molecule is CC(C)(C)CCCCNCc1ccn[nH]1.Cl. The molecule has 2 N–H and O–H groups in total. The van der Waals surface area contributed by atoms with Gasteiger partial charge in [-0.2, -0.15) is 5.10 Å². The van der Waals surface area contributed by atoms with Crippen LogP contribution in [0.15, 0.2) is 12.3 Å². The maximum atomic E-state index is 3.90. The van der Waals surface area contributed by atoms with Gasteiger partial charge in [-0.25, -0.2) is 0 Å². The van der Waals surface area contributed by atoms with Crippen molar-refractivity contribution in [2.75, 3.05) is 6.54 Å². The van der Waals surface area contributed by atoms with E-state index in [1.165, 1.54) is 19.3 Å². The molecule has 0 bridgehead atoms. The smallest absolute Gasteiger partial charge is 0.0490 e. The Morgan fingerprint density at radius 1 is 1.31 bits per heavy atom. The van der Waals surface area contributed by atoms with Gasteiger partial charge in [-0.15, -0.1) is 12.4 Å². The quantitative estimate of drug-likeness (QED) is 0.756. The number of unbranched alkanes of at least 4 members (excludes halogenated alkanes) is 1. The van der Waals surface area contributed by atoms with E-state index in [1.807, 2.05) is 6.07 Å². The third-order valence-electron chi connectivity index (χ3n) is 2.40. The van der Waals surface area contributed by atoms with Crippen molar-refractivity contribution >= 4 is 12.4 Å². The van der Waals surface area contributed by atoms with Gasteiger partial charge in [-0.1, -0.05) is 27.2 Å². The lowest BCUT2D eigenvalue weighted by atomic mass is 9.90. The fourth-order valence-corrected chi connectivity index (χ4v) is 1.51. The van der Waals surface area contributed by atoms with Crippen molar-refractivity contribution in [2.45, 2.75) is 46.6 Å². The minimum absolute atomic E-state index is 0. The highest BCUT2D eigenvalue weighted by Gasteiger charge is 2.08. The number of hydrogen-bond acceptors (Lipinski definition) is 2. The number of hydrogen-bond donors (Lipinski definition) is 2. The minimum Gasteiger partial charge on any atom is -0.311 e. The molecule has 0 saturated carbocycles. The Labute approximate surface area is 105 Å². The molecule has 1 rings (SSSR count). The van der Waals surface area contributed by atoms with Crippen LogP contribution in [-0.2, 0) is 6.54 Å². The Balaban J connectivity index is 0.00000225. The molecule has 0 unspecified atom stereocenters. The van der Waals surface area contributed by atoms with Crippen LogP contribution in [0.5, 0.6) is 0 Å². The first-order valence-electron chi connectivity index (χ1n) is 5.77. The van der Waals surface area contributed by atoms with Crippen LogP contribution < -0.4 is 5.32 Å². The van der Waals surface area contributed by atoms with Crippen LogP contribution in [-0.4, -0.2) is 16.7 Å². The molecule has 0 atom stereocenters. The molecule has 0 aliphatic rings. The summed E-state index contributed by atoms with van der Waals surface area (Å²) in [7, 11) is 0. The molecule has 16 heavy (non-hydrogen) atoms. The van der Waals surface area contributed by atoms with Crippen molar-refractivity contribution in [1.82, 2.24) is 15.5 Å². The number of nitrogens with one attached hydrogen (secondary N) is 2. The van der Waals surface area contributed by atoms with Crippen LogP contribution in [0, 0.1) is 5.41 Å². The summed E-state index contributed by atoms with van der Waals surface area (Å²) in [4.78, 5) is 0. The number of nitrogens with zero attached hydrogens (tertiary/aromatic N) is 1. The Morgan fingerprint density at radius 3 is 2.62 bits per heavy atom. The first kappa shape index (κ1) is 15.5. The van der Waals surface area contributed by atoms with Crippen molar-refractivity contribution < 1.29 is 0 Å². The molecule has 1 heterocycles. The zero-order valence-electron chi connectivity index (χ0n) is 10.5. The highest BCUT2D eigenvalue weighted by Crippen LogP contribution is 2.21. The first-order chi connectivity index (χ1) is 7.08. The molecule has 0 aliphatic heterocycles. The number of H-pyrrole nitrogens is 1. The minimum atomic E-state index is 0. The maximum Gasteiger partial charge on any atom is 0.0490 e. The van der Waals surface area contributed by atoms with Crippen molar-refractivity contribution in [3.05, 3.63) is 18.0 Å². The Morgan fingerprint density at radius 2 is 2.06 bits per heavy atom. The number of halogens is 1. The van der Waals surface area contributed by atoms with E-state index in [0.29, 0.717) is 5.41 Å². The molecule has 0 aromatic carbocycles. The van der Waals surface area contributed by atoms with Gasteiger partial charge in [0.15, 0.2) is 0 Å². The Bertz CT molecular complexity index is 252. The summed E-state index contributed by atoms with van der Waals surface area (Å²) >= 11 is 0. The van der Waals surface area contributed by atoms with E-state index in [2.05, 4.69) is 36.3 Å². The summed E-state index contributed by atoms with van der Waals surface area (Å²) in [5.74, 6) is 0. The molecule has 1 aromatic heterocycles. The molecule has 94 valence electrons. The van der Waals surface area contributed by atoms with Gasteiger partial charge in [-0.3, -0.25) is 5.10 Å². The van der Waals surface area contributed by atoms with Crippen molar-refractivity contribution in [2.24, 2.45) is 5.41 Å². The van der Waals surface area contributed by atoms with Crippen LogP contribution in [0.25, 0.3) is 0 Å². The Hall–Kier alpha value is -0.540. The lowest BCUT2D eigenvalue weighted by Gasteiger charge is -2.17. The fraction of sp³-hybridized carbons (Fsp3) is 0.750. The summed E-state index contributed by atoms with van der Waals surface area (Å²) in [6.07, 6.45) is 5.65. The predicted octanol–water partition coefficient (Wildman–Crippen LogP) is 3.14. The van der Waals surface area contributed by atoms with E-state index in [0.717, 1.165) is 18.8 Å². The average molecular weight is 246 g/mol. The largest absolute Gasteiger partial charge is 0.311 e. The van der Waals surface area contributed by atoms with Crippen LogP contribution in [0.1, 0.15) is 45.7 Å². The van der Waals surface area contributed by atoms with Crippen LogP contribution >= 0.6 is 12.4 Å². The van der Waals surface area contributed by atoms with Gasteiger partial charge in [0.05, 0.1) is 0 Å². The summed E-state index contributed by atoms with van der Waals surface area (Å²) < 4.78 is 0. The lowest BCUT2D eigenvalue weighted by molar-refractivity contribution is 0.358. The highest BCUT2D eigenvalue weighted by molar-refractivity contribution is 5.85. The fourth-order valence-electron chi connectivity index (χ4n) is 1.51. The van der Waals surface area contributed by atoms with Gasteiger partial charge >= 0.3 is 0 Å². The molecule has 3 nitrogen and oxygen atoms in total. The van der Waals surface area contributed by atoms with Gasteiger partial charge < -0.3 is 5.32 Å². The zero-order valence-corrected chi connectivity index (χ0v) is 11.4. The predicted molar refractivity (Wildman–Crippen MR) is 70.8 cm³/mol. The Kier molecular flexibility index (Phi) is 7.43. The van der Waals surface area contributed by atoms with Crippen LogP contribution in [0.2, 0.25) is 0 Å². The number of rotatable bonds is 6. The monoisotopic (exact) mass is 245 g/mol. The molecular formula is C12H24ClN3. The number of aromatic nitrogens is 2. The molecule has 0 aliphatic carbocycles. The van der Waals surface area contributed by atoms with E-state index in [9.17, 15) is 0 Å². The third kappa shape index (κ3) is 7.71. The molecule has 4 heteroatoms. The van der Waals surface area contributed by atoms with E-state index in [-0.39, 0.29) is 12.4 Å². The molecule has 1 aromatic rings. The summed E-state index contributed by atoms with van der Waals surface area (Å²) in [5.41, 5.74) is 1.63. The molecule has 0 saturated heterocycles. The second kappa shape index (κ2) is 7.69. The molecule has 0 amide bonds. The van der Waals surface area contributed by atoms with E-state index in [1.54, 1.807) is 6.20 Å². The maximum absolute atomic E-state index is 3.90. The summed E-state index contributed by atoms with van der Waals surface area (Å²) in [6.45, 7) is 8.88. The standard InChI is InChI=1S/C12H23N3.ClH/c1-12(2,3)7-4-5-8-13-10-11-6-9-14-15-11;/h6,9,13H,4-5,7-8,10H2,1-3H3,(H,14,15);1H. The van der Waals surface area contributed by atoms with Gasteiger partial charge in [0.1, 0.15) is 0 Å². The molecular weight excluding hydrogens is 222 g/mol. The normalized spacial score (nSPS) is 11.2. The second-order valence-electron chi connectivity index (χ2n) is 5.28. The second-order valence-corrected chi connectivity index (χ2v) is 5.28. The molecule has 0 spiro atoms. The van der Waals surface area contributed by atoms with E-state index >= 15 is 0 Å². The van der Waals surface area contributed by atoms with Crippen molar-refractivity contribution in [1.29, 1.82) is 0 Å². The van der Waals surface area contributed by atoms with Gasteiger partial charge in [-0.05, 0) is 30.9 Å². The van der Waals surface area contributed by atoms with Crippen LogP contribution in [0.3, 0.4) is 0 Å².